The highest BCUT2D eigenvalue weighted by Gasteiger charge is 2.20. The summed E-state index contributed by atoms with van der Waals surface area (Å²) in [7, 11) is 0. The van der Waals surface area contributed by atoms with Crippen LogP contribution in [0.4, 0.5) is 4.39 Å². The number of rotatable bonds is 5. The van der Waals surface area contributed by atoms with E-state index in [2.05, 4.69) is 10.3 Å². The first-order valence-corrected chi connectivity index (χ1v) is 6.90. The Labute approximate surface area is 121 Å². The molecule has 0 bridgehead atoms. The summed E-state index contributed by atoms with van der Waals surface area (Å²) in [6, 6.07) is 8.46. The lowest BCUT2D eigenvalue weighted by Gasteiger charge is -2.08. The van der Waals surface area contributed by atoms with Crippen LogP contribution in [0.15, 0.2) is 36.5 Å². The molecule has 20 heavy (non-hydrogen) atoms. The van der Waals surface area contributed by atoms with Crippen molar-refractivity contribution in [3.63, 3.8) is 0 Å². The van der Waals surface area contributed by atoms with Crippen molar-refractivity contribution in [3.05, 3.63) is 52.9 Å². The molecule has 0 saturated heterocycles. The molecule has 2 aromatic rings. The summed E-state index contributed by atoms with van der Waals surface area (Å²) < 4.78 is 18.6. The van der Waals surface area contributed by atoms with E-state index in [0.29, 0.717) is 17.7 Å². The first-order chi connectivity index (χ1) is 9.70. The van der Waals surface area contributed by atoms with Crippen molar-refractivity contribution in [2.45, 2.75) is 25.4 Å². The molecular weight excluding hydrogens is 279 g/mol. The van der Waals surface area contributed by atoms with Gasteiger partial charge in [-0.25, -0.2) is 9.37 Å². The number of hydrogen-bond acceptors (Lipinski definition) is 3. The highest BCUT2D eigenvalue weighted by atomic mass is 35.5. The van der Waals surface area contributed by atoms with Gasteiger partial charge in [0.05, 0.1) is 5.02 Å². The molecule has 1 aliphatic carbocycles. The van der Waals surface area contributed by atoms with E-state index < -0.39 is 5.82 Å². The number of hydrogen-bond donors (Lipinski definition) is 1. The quantitative estimate of drug-likeness (QED) is 0.907. The molecule has 5 heteroatoms. The van der Waals surface area contributed by atoms with Crippen molar-refractivity contribution in [2.75, 3.05) is 0 Å². The van der Waals surface area contributed by atoms with Crippen LogP contribution in [-0.2, 0) is 6.54 Å². The Hall–Kier alpha value is -1.65. The van der Waals surface area contributed by atoms with Crippen LogP contribution in [0.25, 0.3) is 0 Å². The Morgan fingerprint density at radius 1 is 1.30 bits per heavy atom. The molecule has 0 unspecified atom stereocenters. The molecule has 104 valence electrons. The molecule has 1 aliphatic rings. The van der Waals surface area contributed by atoms with Gasteiger partial charge < -0.3 is 10.1 Å². The number of aromatic nitrogens is 1. The smallest absolute Gasteiger partial charge is 0.219 e. The van der Waals surface area contributed by atoms with Gasteiger partial charge in [-0.2, -0.15) is 0 Å². The Kier molecular flexibility index (Phi) is 3.85. The van der Waals surface area contributed by atoms with E-state index in [1.54, 1.807) is 6.20 Å². The minimum atomic E-state index is -0.391. The minimum Gasteiger partial charge on any atom is -0.437 e. The fourth-order valence-electron chi connectivity index (χ4n) is 1.84. The van der Waals surface area contributed by atoms with Gasteiger partial charge in [-0.15, -0.1) is 0 Å². The van der Waals surface area contributed by atoms with Gasteiger partial charge in [-0.1, -0.05) is 11.6 Å². The van der Waals surface area contributed by atoms with Crippen LogP contribution in [0, 0.1) is 5.82 Å². The molecule has 0 radical (unpaired) electrons. The molecular formula is C15H14ClFN2O. The van der Waals surface area contributed by atoms with Crippen molar-refractivity contribution in [3.8, 4) is 11.6 Å². The average Bonchev–Trinajstić information content (AvgIpc) is 3.24. The maximum Gasteiger partial charge on any atom is 0.219 e. The second kappa shape index (κ2) is 5.77. The maximum atomic E-state index is 13.0. The summed E-state index contributed by atoms with van der Waals surface area (Å²) in [5.41, 5.74) is 1.10. The standard InChI is InChI=1S/C15H14ClFN2O/c16-13-8-11(17)1-4-14(13)20-15-7-10(5-6-18-15)9-19-12-2-3-12/h1,4-8,12,19H,2-3,9H2. The molecule has 0 atom stereocenters. The number of ether oxygens (including phenoxy) is 1. The lowest BCUT2D eigenvalue weighted by molar-refractivity contribution is 0.460. The Morgan fingerprint density at radius 2 is 2.15 bits per heavy atom. The molecule has 0 aliphatic heterocycles. The lowest BCUT2D eigenvalue weighted by atomic mass is 10.2. The summed E-state index contributed by atoms with van der Waals surface area (Å²) in [6.07, 6.45) is 4.19. The van der Waals surface area contributed by atoms with Crippen molar-refractivity contribution in [1.82, 2.24) is 10.3 Å². The number of pyridine rings is 1. The predicted octanol–water partition coefficient (Wildman–Crippen LogP) is 3.92. The molecule has 1 heterocycles. The van der Waals surface area contributed by atoms with E-state index in [-0.39, 0.29) is 5.02 Å². The fourth-order valence-corrected chi connectivity index (χ4v) is 2.04. The highest BCUT2D eigenvalue weighted by Crippen LogP contribution is 2.29. The average molecular weight is 293 g/mol. The number of benzene rings is 1. The Bertz CT molecular complexity index is 617. The zero-order valence-electron chi connectivity index (χ0n) is 10.8. The van der Waals surface area contributed by atoms with Crippen LogP contribution in [0.3, 0.4) is 0 Å². The lowest BCUT2D eigenvalue weighted by Crippen LogP contribution is -2.15. The van der Waals surface area contributed by atoms with Crippen molar-refractivity contribution in [2.24, 2.45) is 0 Å². The third-order valence-electron chi connectivity index (χ3n) is 3.08. The fraction of sp³-hybridized carbons (Fsp3) is 0.267. The van der Waals surface area contributed by atoms with Crippen LogP contribution in [-0.4, -0.2) is 11.0 Å². The van der Waals surface area contributed by atoms with E-state index in [9.17, 15) is 4.39 Å². The van der Waals surface area contributed by atoms with Crippen LogP contribution in [0.2, 0.25) is 5.02 Å². The molecule has 1 saturated carbocycles. The summed E-state index contributed by atoms with van der Waals surface area (Å²) >= 11 is 5.93. The van der Waals surface area contributed by atoms with Gasteiger partial charge >= 0.3 is 0 Å². The molecule has 1 N–H and O–H groups in total. The molecule has 3 nitrogen and oxygen atoms in total. The van der Waals surface area contributed by atoms with Crippen LogP contribution in [0.1, 0.15) is 18.4 Å². The number of halogens is 2. The zero-order chi connectivity index (χ0) is 13.9. The van der Waals surface area contributed by atoms with E-state index in [4.69, 9.17) is 16.3 Å². The van der Waals surface area contributed by atoms with Gasteiger partial charge in [-0.3, -0.25) is 0 Å². The van der Waals surface area contributed by atoms with E-state index in [0.717, 1.165) is 12.1 Å². The topological polar surface area (TPSA) is 34.1 Å². The normalized spacial score (nSPS) is 14.3. The summed E-state index contributed by atoms with van der Waals surface area (Å²) in [5, 5.41) is 3.65. The maximum absolute atomic E-state index is 13.0. The predicted molar refractivity (Wildman–Crippen MR) is 75.6 cm³/mol. The van der Waals surface area contributed by atoms with Crippen molar-refractivity contribution in [1.29, 1.82) is 0 Å². The summed E-state index contributed by atoms with van der Waals surface area (Å²) in [4.78, 5) is 4.14. The monoisotopic (exact) mass is 292 g/mol. The van der Waals surface area contributed by atoms with Gasteiger partial charge in [-0.05, 0) is 42.7 Å². The second-order valence-corrected chi connectivity index (χ2v) is 5.24. The van der Waals surface area contributed by atoms with Crippen molar-refractivity contribution >= 4 is 11.6 Å². The summed E-state index contributed by atoms with van der Waals surface area (Å²) in [5.74, 6) is 0.458. The van der Waals surface area contributed by atoms with E-state index >= 15 is 0 Å². The number of nitrogens with zero attached hydrogens (tertiary/aromatic N) is 1. The molecule has 1 fully saturated rings. The van der Waals surface area contributed by atoms with Crippen molar-refractivity contribution < 1.29 is 9.13 Å². The SMILES string of the molecule is Fc1ccc(Oc2cc(CNC3CC3)ccn2)c(Cl)c1. The largest absolute Gasteiger partial charge is 0.437 e. The first-order valence-electron chi connectivity index (χ1n) is 6.52. The van der Waals surface area contributed by atoms with Gasteiger partial charge in [0.15, 0.2) is 0 Å². The first kappa shape index (κ1) is 13.3. The van der Waals surface area contributed by atoms with Gasteiger partial charge in [0.2, 0.25) is 5.88 Å². The van der Waals surface area contributed by atoms with E-state index in [1.165, 1.54) is 31.0 Å². The third kappa shape index (κ3) is 3.46. The van der Waals surface area contributed by atoms with Crippen LogP contribution in [0.5, 0.6) is 11.6 Å². The molecule has 1 aromatic carbocycles. The molecule has 3 rings (SSSR count). The molecule has 0 amide bonds. The van der Waals surface area contributed by atoms with Gasteiger partial charge in [0.1, 0.15) is 11.6 Å². The van der Waals surface area contributed by atoms with E-state index in [1.807, 2.05) is 12.1 Å². The molecule has 0 spiro atoms. The highest BCUT2D eigenvalue weighted by molar-refractivity contribution is 6.32. The minimum absolute atomic E-state index is 0.230. The Balaban J connectivity index is 1.70. The van der Waals surface area contributed by atoms with Gasteiger partial charge in [0.25, 0.3) is 0 Å². The molecule has 1 aromatic heterocycles. The summed E-state index contributed by atoms with van der Waals surface area (Å²) in [6.45, 7) is 0.792. The van der Waals surface area contributed by atoms with Crippen LogP contribution < -0.4 is 10.1 Å². The zero-order valence-corrected chi connectivity index (χ0v) is 11.5. The van der Waals surface area contributed by atoms with Gasteiger partial charge in [0, 0.05) is 24.8 Å². The van der Waals surface area contributed by atoms with Crippen LogP contribution >= 0.6 is 11.6 Å². The Morgan fingerprint density at radius 3 is 2.90 bits per heavy atom. The second-order valence-electron chi connectivity index (χ2n) is 4.83. The number of nitrogens with one attached hydrogen (secondary N) is 1. The third-order valence-corrected chi connectivity index (χ3v) is 3.38.